The van der Waals surface area contributed by atoms with Crippen molar-refractivity contribution in [2.45, 2.75) is 27.2 Å². The molecule has 4 heteroatoms. The predicted molar refractivity (Wildman–Crippen MR) is 70.5 cm³/mol. The number of rotatable bonds is 3. The first-order chi connectivity index (χ1) is 8.31. The highest BCUT2D eigenvalue weighted by Crippen LogP contribution is 2.20. The molecule has 0 aromatic heterocycles. The molecule has 98 valence electrons. The number of hydrogen-bond acceptors (Lipinski definition) is 3. The van der Waals surface area contributed by atoms with E-state index in [0.717, 1.165) is 0 Å². The van der Waals surface area contributed by atoms with Crippen LogP contribution >= 0.6 is 0 Å². The van der Waals surface area contributed by atoms with Gasteiger partial charge in [-0.05, 0) is 23.6 Å². The Hall–Kier alpha value is -1.84. The largest absolute Gasteiger partial charge is 0.465 e. The first-order valence-electron chi connectivity index (χ1n) is 5.80. The number of benzene rings is 1. The number of nitrogens with one attached hydrogen (secondary N) is 1. The number of carbonyl (C=O) groups excluding carboxylic acids is 2. The van der Waals surface area contributed by atoms with E-state index in [1.54, 1.807) is 24.3 Å². The van der Waals surface area contributed by atoms with Crippen LogP contribution in [0.4, 0.5) is 5.69 Å². The molecule has 1 amide bonds. The Morgan fingerprint density at radius 3 is 2.50 bits per heavy atom. The van der Waals surface area contributed by atoms with Crippen molar-refractivity contribution in [2.75, 3.05) is 12.4 Å². The summed E-state index contributed by atoms with van der Waals surface area (Å²) < 4.78 is 4.63. The van der Waals surface area contributed by atoms with E-state index in [-0.39, 0.29) is 11.3 Å². The Morgan fingerprint density at radius 2 is 1.94 bits per heavy atom. The molecule has 0 atom stereocenters. The van der Waals surface area contributed by atoms with Crippen molar-refractivity contribution in [1.29, 1.82) is 0 Å². The molecule has 18 heavy (non-hydrogen) atoms. The maximum absolute atomic E-state index is 11.8. The Bertz CT molecular complexity index is 447. The fourth-order valence-corrected chi connectivity index (χ4v) is 1.53. The summed E-state index contributed by atoms with van der Waals surface area (Å²) in [4.78, 5) is 23.1. The third-order valence-corrected chi connectivity index (χ3v) is 2.26. The van der Waals surface area contributed by atoms with E-state index >= 15 is 0 Å². The van der Waals surface area contributed by atoms with Gasteiger partial charge in [0.05, 0.1) is 12.7 Å². The highest BCUT2D eigenvalue weighted by atomic mass is 16.5. The van der Waals surface area contributed by atoms with Gasteiger partial charge in [0.1, 0.15) is 0 Å². The van der Waals surface area contributed by atoms with E-state index in [4.69, 9.17) is 0 Å². The molecule has 1 aromatic rings. The summed E-state index contributed by atoms with van der Waals surface area (Å²) in [6, 6.07) is 6.70. The molecule has 0 saturated carbocycles. The molecular weight excluding hydrogens is 230 g/mol. The van der Waals surface area contributed by atoms with Crippen LogP contribution in [0.2, 0.25) is 0 Å². The maximum atomic E-state index is 11.8. The molecular formula is C14H19NO3. The van der Waals surface area contributed by atoms with E-state index in [9.17, 15) is 9.59 Å². The van der Waals surface area contributed by atoms with Gasteiger partial charge in [0.2, 0.25) is 5.91 Å². The van der Waals surface area contributed by atoms with Crippen LogP contribution < -0.4 is 5.32 Å². The summed E-state index contributed by atoms with van der Waals surface area (Å²) in [6.45, 7) is 5.99. The summed E-state index contributed by atoms with van der Waals surface area (Å²) in [5.74, 6) is -0.480. The molecule has 0 aliphatic rings. The minimum absolute atomic E-state index is 0.0653. The average Bonchev–Trinajstić information content (AvgIpc) is 2.25. The first kappa shape index (κ1) is 14.2. The number of hydrogen-bond donors (Lipinski definition) is 1. The zero-order valence-corrected chi connectivity index (χ0v) is 11.2. The fourth-order valence-electron chi connectivity index (χ4n) is 1.53. The number of carbonyl (C=O) groups is 2. The van der Waals surface area contributed by atoms with Crippen molar-refractivity contribution in [2.24, 2.45) is 5.41 Å². The maximum Gasteiger partial charge on any atom is 0.337 e. The van der Waals surface area contributed by atoms with E-state index in [0.29, 0.717) is 17.7 Å². The summed E-state index contributed by atoms with van der Waals surface area (Å²) in [5, 5.41) is 2.77. The van der Waals surface area contributed by atoms with Crippen molar-refractivity contribution in [1.82, 2.24) is 0 Å². The lowest BCUT2D eigenvalue weighted by molar-refractivity contribution is -0.117. The molecule has 0 spiro atoms. The molecule has 0 aliphatic heterocycles. The number of anilines is 1. The summed E-state index contributed by atoms with van der Waals surface area (Å²) in [5.41, 5.74) is 0.961. The predicted octanol–water partition coefficient (Wildman–Crippen LogP) is 2.85. The lowest BCUT2D eigenvalue weighted by Gasteiger charge is -2.17. The third kappa shape index (κ3) is 4.57. The van der Waals surface area contributed by atoms with E-state index < -0.39 is 5.97 Å². The molecule has 0 bridgehead atoms. The second-order valence-corrected chi connectivity index (χ2v) is 5.36. The molecule has 0 aliphatic carbocycles. The van der Waals surface area contributed by atoms with Crippen LogP contribution in [0, 0.1) is 5.41 Å². The second-order valence-electron chi connectivity index (χ2n) is 5.36. The normalized spacial score (nSPS) is 10.9. The minimum Gasteiger partial charge on any atom is -0.465 e. The number of methoxy groups -OCH3 is 1. The molecule has 0 radical (unpaired) electrons. The standard InChI is InChI=1S/C14H19NO3/c1-14(2,3)9-12(16)15-11-7-5-6-10(8-11)13(17)18-4/h5-8H,9H2,1-4H3,(H,15,16). The minimum atomic E-state index is -0.415. The van der Waals surface area contributed by atoms with Gasteiger partial charge >= 0.3 is 5.97 Å². The zero-order valence-electron chi connectivity index (χ0n) is 11.2. The van der Waals surface area contributed by atoms with Gasteiger partial charge in [-0.15, -0.1) is 0 Å². The Labute approximate surface area is 107 Å². The lowest BCUT2D eigenvalue weighted by Crippen LogP contribution is -2.19. The molecule has 1 aromatic carbocycles. The zero-order chi connectivity index (χ0) is 13.8. The van der Waals surface area contributed by atoms with Crippen LogP contribution in [0.1, 0.15) is 37.6 Å². The number of esters is 1. The summed E-state index contributed by atoms with van der Waals surface area (Å²) in [6.07, 6.45) is 0.426. The average molecular weight is 249 g/mol. The number of amides is 1. The highest BCUT2D eigenvalue weighted by Gasteiger charge is 2.16. The van der Waals surface area contributed by atoms with Gasteiger partial charge in [-0.25, -0.2) is 4.79 Å². The monoisotopic (exact) mass is 249 g/mol. The summed E-state index contributed by atoms with van der Waals surface area (Å²) in [7, 11) is 1.33. The Kier molecular flexibility index (Phi) is 4.48. The van der Waals surface area contributed by atoms with Gasteiger partial charge in [0.25, 0.3) is 0 Å². The quantitative estimate of drug-likeness (QED) is 0.838. The van der Waals surface area contributed by atoms with Crippen molar-refractivity contribution < 1.29 is 14.3 Å². The molecule has 0 fully saturated rings. The first-order valence-corrected chi connectivity index (χ1v) is 5.80. The van der Waals surface area contributed by atoms with Crippen LogP contribution in [-0.4, -0.2) is 19.0 Å². The SMILES string of the molecule is COC(=O)c1cccc(NC(=O)CC(C)(C)C)c1. The van der Waals surface area contributed by atoms with Crippen molar-refractivity contribution in [3.8, 4) is 0 Å². The van der Waals surface area contributed by atoms with Gasteiger partial charge < -0.3 is 10.1 Å². The number of ether oxygens (including phenoxy) is 1. The lowest BCUT2D eigenvalue weighted by atomic mass is 9.92. The van der Waals surface area contributed by atoms with Crippen LogP contribution in [0.15, 0.2) is 24.3 Å². The van der Waals surface area contributed by atoms with E-state index in [1.807, 2.05) is 20.8 Å². The van der Waals surface area contributed by atoms with Crippen LogP contribution in [0.3, 0.4) is 0 Å². The van der Waals surface area contributed by atoms with Crippen LogP contribution in [0.5, 0.6) is 0 Å². The van der Waals surface area contributed by atoms with Gasteiger partial charge in [0.15, 0.2) is 0 Å². The third-order valence-electron chi connectivity index (χ3n) is 2.26. The van der Waals surface area contributed by atoms with Crippen molar-refractivity contribution in [3.05, 3.63) is 29.8 Å². The molecule has 0 saturated heterocycles. The van der Waals surface area contributed by atoms with Crippen LogP contribution in [-0.2, 0) is 9.53 Å². The Balaban J connectivity index is 2.74. The molecule has 1 rings (SSSR count). The molecule has 0 heterocycles. The molecule has 0 unspecified atom stereocenters. The van der Waals surface area contributed by atoms with Crippen LogP contribution in [0.25, 0.3) is 0 Å². The molecule has 4 nitrogen and oxygen atoms in total. The van der Waals surface area contributed by atoms with Crippen molar-refractivity contribution in [3.63, 3.8) is 0 Å². The highest BCUT2D eigenvalue weighted by molar-refractivity contribution is 5.94. The second kappa shape index (κ2) is 5.67. The smallest absolute Gasteiger partial charge is 0.337 e. The molecule has 1 N–H and O–H groups in total. The van der Waals surface area contributed by atoms with Gasteiger partial charge in [-0.2, -0.15) is 0 Å². The van der Waals surface area contributed by atoms with Gasteiger partial charge in [-0.3, -0.25) is 4.79 Å². The fraction of sp³-hybridized carbons (Fsp3) is 0.429. The van der Waals surface area contributed by atoms with E-state index in [2.05, 4.69) is 10.1 Å². The van der Waals surface area contributed by atoms with Gasteiger partial charge in [-0.1, -0.05) is 26.8 Å². The van der Waals surface area contributed by atoms with Gasteiger partial charge in [0, 0.05) is 12.1 Å². The summed E-state index contributed by atoms with van der Waals surface area (Å²) >= 11 is 0. The Morgan fingerprint density at radius 1 is 1.28 bits per heavy atom. The van der Waals surface area contributed by atoms with E-state index in [1.165, 1.54) is 7.11 Å². The van der Waals surface area contributed by atoms with Crippen molar-refractivity contribution >= 4 is 17.6 Å². The topological polar surface area (TPSA) is 55.4 Å².